The Kier molecular flexibility index (Phi) is 10.9. The number of ether oxygens (including phenoxy) is 3. The molecule has 6 rings (SSSR count). The molecule has 0 fully saturated rings. The van der Waals surface area contributed by atoms with Crippen LogP contribution in [0.15, 0.2) is 97.3 Å². The van der Waals surface area contributed by atoms with E-state index in [9.17, 15) is 29.0 Å². The number of aromatic hydroxyl groups is 1. The number of hydrogen-bond acceptors (Lipinski definition) is 10. The quantitative estimate of drug-likeness (QED) is 0.135. The molecule has 15 heteroatoms. The van der Waals surface area contributed by atoms with E-state index in [2.05, 4.69) is 9.97 Å². The first-order valence-electron chi connectivity index (χ1n) is 13.3. The predicted octanol–water partition coefficient (Wildman–Crippen LogP) is 8.42. The second-order valence-corrected chi connectivity index (χ2v) is 9.64. The average Bonchev–Trinajstić information content (AvgIpc) is 3.07. The topological polar surface area (TPSA) is 160 Å². The molecule has 4 aromatic carbocycles. The summed E-state index contributed by atoms with van der Waals surface area (Å²) in [5.74, 6) is -0.650. The molecule has 0 atom stereocenters. The van der Waals surface area contributed by atoms with Crippen molar-refractivity contribution in [3.8, 4) is 28.7 Å². The van der Waals surface area contributed by atoms with Gasteiger partial charge >= 0.3 is 0 Å². The summed E-state index contributed by atoms with van der Waals surface area (Å²) >= 11 is 5.97. The number of fused-ring (bicyclic) bond motifs is 2. The van der Waals surface area contributed by atoms with E-state index < -0.39 is 27.2 Å². The average molecular weight is 665 g/mol. The molecule has 0 aliphatic heterocycles. The largest absolute Gasteiger partial charge is 0.505 e. The van der Waals surface area contributed by atoms with E-state index in [1.54, 1.807) is 50.7 Å². The highest BCUT2D eigenvalue weighted by atomic mass is 35.5. The zero-order valence-corrected chi connectivity index (χ0v) is 25.2. The van der Waals surface area contributed by atoms with E-state index in [0.29, 0.717) is 33.5 Å². The fourth-order valence-electron chi connectivity index (χ4n) is 3.95. The molecule has 12 nitrogen and oxygen atoms in total. The molecule has 47 heavy (non-hydrogen) atoms. The first-order chi connectivity index (χ1) is 22.5. The van der Waals surface area contributed by atoms with Crippen molar-refractivity contribution < 1.29 is 37.9 Å². The summed E-state index contributed by atoms with van der Waals surface area (Å²) in [6.07, 6.45) is 3.21. The molecule has 2 heterocycles. The van der Waals surface area contributed by atoms with Crippen molar-refractivity contribution in [2.75, 3.05) is 14.2 Å². The Morgan fingerprint density at radius 2 is 1.21 bits per heavy atom. The molecule has 0 unspecified atom stereocenters. The van der Waals surface area contributed by atoms with Crippen LogP contribution in [0.4, 0.5) is 20.2 Å². The van der Waals surface area contributed by atoms with Crippen molar-refractivity contribution in [3.05, 3.63) is 134 Å². The van der Waals surface area contributed by atoms with E-state index >= 15 is 0 Å². The summed E-state index contributed by atoms with van der Waals surface area (Å²) in [6, 6.07) is 20.1. The molecule has 0 saturated heterocycles. The number of nitrogens with zero attached hydrogens (tertiary/aromatic N) is 4. The third-order valence-electron chi connectivity index (χ3n) is 6.29. The molecule has 0 amide bonds. The Balaban J connectivity index is 0.000000176. The summed E-state index contributed by atoms with van der Waals surface area (Å²) in [5, 5.41) is 31.6. The zero-order chi connectivity index (χ0) is 34.1. The van der Waals surface area contributed by atoms with Crippen LogP contribution in [0.3, 0.4) is 0 Å². The molecule has 0 aliphatic rings. The third-order valence-corrected chi connectivity index (χ3v) is 6.62. The number of nitro benzene ring substituents is 2. The predicted molar refractivity (Wildman–Crippen MR) is 169 cm³/mol. The highest BCUT2D eigenvalue weighted by Crippen LogP contribution is 2.33. The molecule has 1 N–H and O–H groups in total. The van der Waals surface area contributed by atoms with Crippen molar-refractivity contribution in [2.24, 2.45) is 0 Å². The number of rotatable bonds is 6. The van der Waals surface area contributed by atoms with Gasteiger partial charge in [0.15, 0.2) is 23.1 Å². The number of halogens is 3. The van der Waals surface area contributed by atoms with E-state index in [1.807, 2.05) is 18.2 Å². The Hall–Kier alpha value is -6.15. The van der Waals surface area contributed by atoms with Gasteiger partial charge in [-0.05, 0) is 48.5 Å². The maximum Gasteiger partial charge on any atom is 0.272 e. The number of pyridine rings is 2. The molecule has 0 bridgehead atoms. The van der Waals surface area contributed by atoms with Gasteiger partial charge in [0.2, 0.25) is 0 Å². The van der Waals surface area contributed by atoms with Crippen LogP contribution in [0, 0.1) is 31.9 Å². The van der Waals surface area contributed by atoms with E-state index in [-0.39, 0.29) is 17.1 Å². The SMILES string of the molecule is COc1ccc2c(Cl)ccnc2c1.COc1ccc2c(Oc3ccc([N+](=O)[O-])cc3F)ccnc2c1.O=[N+]([O-])c1ccc(O)c(F)c1. The van der Waals surface area contributed by atoms with Gasteiger partial charge in [-0.3, -0.25) is 30.2 Å². The summed E-state index contributed by atoms with van der Waals surface area (Å²) in [5.41, 5.74) is 0.774. The number of nitro groups is 2. The minimum Gasteiger partial charge on any atom is -0.505 e. The third kappa shape index (κ3) is 8.52. The van der Waals surface area contributed by atoms with Gasteiger partial charge in [0.05, 0.1) is 52.3 Å². The van der Waals surface area contributed by atoms with Crippen LogP contribution in [0.1, 0.15) is 0 Å². The Labute approximate surface area is 269 Å². The highest BCUT2D eigenvalue weighted by molar-refractivity contribution is 6.35. The number of benzene rings is 4. The number of methoxy groups -OCH3 is 2. The van der Waals surface area contributed by atoms with Crippen LogP contribution in [0.2, 0.25) is 5.02 Å². The minimum absolute atomic E-state index is 0.0982. The lowest BCUT2D eigenvalue weighted by atomic mass is 10.2. The van der Waals surface area contributed by atoms with E-state index in [0.717, 1.165) is 34.9 Å². The van der Waals surface area contributed by atoms with Gasteiger partial charge in [0, 0.05) is 47.4 Å². The number of aromatic nitrogens is 2. The summed E-state index contributed by atoms with van der Waals surface area (Å²) in [6.45, 7) is 0. The molecule has 6 aromatic rings. The van der Waals surface area contributed by atoms with Gasteiger partial charge in [-0.2, -0.15) is 0 Å². The first kappa shape index (κ1) is 33.7. The minimum atomic E-state index is -0.987. The number of hydrogen-bond donors (Lipinski definition) is 1. The van der Waals surface area contributed by atoms with Crippen LogP contribution in [-0.4, -0.2) is 39.1 Å². The van der Waals surface area contributed by atoms with Crippen molar-refractivity contribution >= 4 is 44.8 Å². The van der Waals surface area contributed by atoms with Crippen molar-refractivity contribution in [3.63, 3.8) is 0 Å². The number of non-ortho nitro benzene ring substituents is 2. The standard InChI is InChI=1S/C16H11FN2O4.C10H8ClNO.C6H4FNO3/c1-22-11-3-4-12-14(9-11)18-7-6-15(12)23-16-5-2-10(19(20)21)8-13(16)17;1-13-7-2-3-8-9(11)4-5-12-10(8)6-7;7-5-3-4(8(10)11)1-2-6(5)9/h2-9H,1H3;2-6H,1H3;1-3,9H. The maximum absolute atomic E-state index is 13.9. The van der Waals surface area contributed by atoms with Crippen LogP contribution < -0.4 is 14.2 Å². The van der Waals surface area contributed by atoms with Crippen LogP contribution in [0.25, 0.3) is 21.8 Å². The lowest BCUT2D eigenvalue weighted by molar-refractivity contribution is -0.385. The van der Waals surface area contributed by atoms with Gasteiger partial charge in [0.25, 0.3) is 11.4 Å². The van der Waals surface area contributed by atoms with Gasteiger partial charge in [-0.15, -0.1) is 0 Å². The van der Waals surface area contributed by atoms with Crippen LogP contribution >= 0.6 is 11.6 Å². The molecule has 2 aromatic heterocycles. The van der Waals surface area contributed by atoms with Gasteiger partial charge in [-0.1, -0.05) is 11.6 Å². The lowest BCUT2D eigenvalue weighted by Gasteiger charge is -2.10. The Morgan fingerprint density at radius 3 is 1.77 bits per heavy atom. The van der Waals surface area contributed by atoms with Crippen LogP contribution in [-0.2, 0) is 0 Å². The maximum atomic E-state index is 13.9. The zero-order valence-electron chi connectivity index (χ0n) is 24.5. The lowest BCUT2D eigenvalue weighted by Crippen LogP contribution is -1.93. The van der Waals surface area contributed by atoms with Gasteiger partial charge in [0.1, 0.15) is 17.2 Å². The summed E-state index contributed by atoms with van der Waals surface area (Å²) in [7, 11) is 3.18. The molecule has 0 aliphatic carbocycles. The molecular formula is C32H23ClF2N4O8. The van der Waals surface area contributed by atoms with Gasteiger partial charge < -0.3 is 19.3 Å². The molecule has 0 spiro atoms. The molecule has 240 valence electrons. The van der Waals surface area contributed by atoms with E-state index in [1.165, 1.54) is 18.3 Å². The fourth-order valence-corrected chi connectivity index (χ4v) is 4.17. The van der Waals surface area contributed by atoms with Crippen molar-refractivity contribution in [1.82, 2.24) is 9.97 Å². The second-order valence-electron chi connectivity index (χ2n) is 9.23. The smallest absolute Gasteiger partial charge is 0.272 e. The molecule has 0 saturated carbocycles. The first-order valence-corrected chi connectivity index (χ1v) is 13.6. The number of phenols is 1. The fraction of sp³-hybridized carbons (Fsp3) is 0.0625. The number of phenolic OH excluding ortho intramolecular Hbond substituents is 1. The monoisotopic (exact) mass is 664 g/mol. The van der Waals surface area contributed by atoms with Crippen LogP contribution in [0.5, 0.6) is 28.7 Å². The highest BCUT2D eigenvalue weighted by Gasteiger charge is 2.14. The summed E-state index contributed by atoms with van der Waals surface area (Å²) in [4.78, 5) is 27.7. The van der Waals surface area contributed by atoms with E-state index in [4.69, 9.17) is 30.9 Å². The van der Waals surface area contributed by atoms with Crippen molar-refractivity contribution in [2.45, 2.75) is 0 Å². The Morgan fingerprint density at radius 1 is 0.681 bits per heavy atom. The Bertz CT molecular complexity index is 2080. The second kappa shape index (κ2) is 15.2. The van der Waals surface area contributed by atoms with Gasteiger partial charge in [-0.25, -0.2) is 8.78 Å². The van der Waals surface area contributed by atoms with Crippen molar-refractivity contribution in [1.29, 1.82) is 0 Å². The molecule has 0 radical (unpaired) electrons. The normalized spacial score (nSPS) is 10.2. The summed E-state index contributed by atoms with van der Waals surface area (Å²) < 4.78 is 42.1. The molecular weight excluding hydrogens is 642 g/mol.